The van der Waals surface area contributed by atoms with Gasteiger partial charge in [-0.25, -0.2) is 0 Å². The van der Waals surface area contributed by atoms with Crippen molar-refractivity contribution in [3.05, 3.63) is 28.8 Å². The molecule has 4 heteroatoms. The lowest BCUT2D eigenvalue weighted by atomic mass is 10.1. The summed E-state index contributed by atoms with van der Waals surface area (Å²) in [5, 5.41) is 0.551. The molecule has 0 bridgehead atoms. The molecule has 3 nitrogen and oxygen atoms in total. The summed E-state index contributed by atoms with van der Waals surface area (Å²) < 4.78 is 0. The van der Waals surface area contributed by atoms with E-state index in [2.05, 4.69) is 0 Å². The first kappa shape index (κ1) is 11.3. The molecule has 0 spiro atoms. The van der Waals surface area contributed by atoms with Crippen LogP contribution in [0.25, 0.3) is 0 Å². The maximum atomic E-state index is 12.2. The number of anilines is 1. The molecule has 1 saturated heterocycles. The van der Waals surface area contributed by atoms with Gasteiger partial charge in [-0.2, -0.15) is 0 Å². The minimum Gasteiger partial charge on any atom is -0.398 e. The van der Waals surface area contributed by atoms with E-state index < -0.39 is 0 Å². The van der Waals surface area contributed by atoms with Gasteiger partial charge in [-0.3, -0.25) is 4.79 Å². The lowest BCUT2D eigenvalue weighted by Gasteiger charge is -2.27. The van der Waals surface area contributed by atoms with Crippen molar-refractivity contribution in [2.45, 2.75) is 19.3 Å². The van der Waals surface area contributed by atoms with E-state index in [1.54, 1.807) is 18.2 Å². The molecule has 0 radical (unpaired) electrons. The standard InChI is InChI=1S/C12H15ClN2O/c13-9-4-5-11(14)10(8-9)12(16)15-6-2-1-3-7-15/h4-5,8H,1-3,6-7,14H2. The van der Waals surface area contributed by atoms with Crippen molar-refractivity contribution in [2.24, 2.45) is 0 Å². The van der Waals surface area contributed by atoms with Gasteiger partial charge >= 0.3 is 0 Å². The molecule has 1 aliphatic heterocycles. The Kier molecular flexibility index (Phi) is 3.34. The van der Waals surface area contributed by atoms with Gasteiger partial charge < -0.3 is 10.6 Å². The number of hydrogen-bond donors (Lipinski definition) is 1. The van der Waals surface area contributed by atoms with Crippen LogP contribution in [-0.4, -0.2) is 23.9 Å². The van der Waals surface area contributed by atoms with Gasteiger partial charge in [0, 0.05) is 23.8 Å². The average Bonchev–Trinajstić information content (AvgIpc) is 2.32. The van der Waals surface area contributed by atoms with Gasteiger partial charge in [0.25, 0.3) is 5.91 Å². The van der Waals surface area contributed by atoms with E-state index >= 15 is 0 Å². The molecule has 2 N–H and O–H groups in total. The third-order valence-corrected chi connectivity index (χ3v) is 3.12. The van der Waals surface area contributed by atoms with E-state index in [-0.39, 0.29) is 5.91 Å². The summed E-state index contributed by atoms with van der Waals surface area (Å²) in [7, 11) is 0. The fourth-order valence-corrected chi connectivity index (χ4v) is 2.15. The zero-order valence-corrected chi connectivity index (χ0v) is 9.83. The second-order valence-corrected chi connectivity index (χ2v) is 4.52. The molecule has 2 rings (SSSR count). The highest BCUT2D eigenvalue weighted by atomic mass is 35.5. The quantitative estimate of drug-likeness (QED) is 0.765. The number of halogens is 1. The van der Waals surface area contributed by atoms with E-state index in [0.717, 1.165) is 25.9 Å². The average molecular weight is 239 g/mol. The van der Waals surface area contributed by atoms with Crippen LogP contribution in [0.5, 0.6) is 0 Å². The maximum Gasteiger partial charge on any atom is 0.255 e. The van der Waals surface area contributed by atoms with Gasteiger partial charge in [-0.15, -0.1) is 0 Å². The number of nitrogen functional groups attached to an aromatic ring is 1. The predicted molar refractivity (Wildman–Crippen MR) is 65.6 cm³/mol. The number of nitrogens with zero attached hydrogens (tertiary/aromatic N) is 1. The van der Waals surface area contributed by atoms with Crippen molar-refractivity contribution in [1.29, 1.82) is 0 Å². The molecule has 1 heterocycles. The van der Waals surface area contributed by atoms with Crippen molar-refractivity contribution in [1.82, 2.24) is 4.90 Å². The molecule has 1 aromatic carbocycles. The molecule has 1 aromatic rings. The van der Waals surface area contributed by atoms with Crippen LogP contribution in [-0.2, 0) is 0 Å². The summed E-state index contributed by atoms with van der Waals surface area (Å²) >= 11 is 5.87. The molecule has 86 valence electrons. The zero-order valence-electron chi connectivity index (χ0n) is 9.08. The van der Waals surface area contributed by atoms with Crippen molar-refractivity contribution in [2.75, 3.05) is 18.8 Å². The first-order valence-corrected chi connectivity index (χ1v) is 5.90. The number of benzene rings is 1. The maximum absolute atomic E-state index is 12.2. The fourth-order valence-electron chi connectivity index (χ4n) is 1.98. The molecule has 0 unspecified atom stereocenters. The summed E-state index contributed by atoms with van der Waals surface area (Å²) in [5.41, 5.74) is 6.81. The number of piperidine rings is 1. The van der Waals surface area contributed by atoms with Crippen LogP contribution in [0, 0.1) is 0 Å². The number of amides is 1. The molecular weight excluding hydrogens is 224 g/mol. The summed E-state index contributed by atoms with van der Waals surface area (Å²) in [6.45, 7) is 1.65. The largest absolute Gasteiger partial charge is 0.398 e. The molecular formula is C12H15ClN2O. The molecule has 1 amide bonds. The number of carbonyl (C=O) groups is 1. The first-order valence-electron chi connectivity index (χ1n) is 5.53. The Hall–Kier alpha value is -1.22. The lowest BCUT2D eigenvalue weighted by Crippen LogP contribution is -2.35. The topological polar surface area (TPSA) is 46.3 Å². The number of nitrogens with two attached hydrogens (primary N) is 1. The molecule has 1 aliphatic rings. The van der Waals surface area contributed by atoms with Crippen LogP contribution in [0.1, 0.15) is 29.6 Å². The molecule has 1 fully saturated rings. The summed E-state index contributed by atoms with van der Waals surface area (Å²) in [6, 6.07) is 5.03. The lowest BCUT2D eigenvalue weighted by molar-refractivity contribution is 0.0725. The van der Waals surface area contributed by atoms with E-state index in [4.69, 9.17) is 17.3 Å². The molecule has 0 aromatic heterocycles. The van der Waals surface area contributed by atoms with Crippen molar-refractivity contribution in [3.8, 4) is 0 Å². The number of likely N-dealkylation sites (tertiary alicyclic amines) is 1. The highest BCUT2D eigenvalue weighted by Gasteiger charge is 2.20. The summed E-state index contributed by atoms with van der Waals surface area (Å²) in [5.74, 6) is -0.000278. The normalized spacial score (nSPS) is 16.2. The third-order valence-electron chi connectivity index (χ3n) is 2.89. The zero-order chi connectivity index (χ0) is 11.5. The van der Waals surface area contributed by atoms with Gasteiger partial charge in [-0.1, -0.05) is 11.6 Å². The SMILES string of the molecule is Nc1ccc(Cl)cc1C(=O)N1CCCCC1. The summed E-state index contributed by atoms with van der Waals surface area (Å²) in [6.07, 6.45) is 3.35. The van der Waals surface area contributed by atoms with E-state index in [1.807, 2.05) is 4.90 Å². The van der Waals surface area contributed by atoms with E-state index in [1.165, 1.54) is 6.42 Å². The van der Waals surface area contributed by atoms with Crippen molar-refractivity contribution < 1.29 is 4.79 Å². The highest BCUT2D eigenvalue weighted by molar-refractivity contribution is 6.31. The monoisotopic (exact) mass is 238 g/mol. The van der Waals surface area contributed by atoms with Gasteiger partial charge in [0.1, 0.15) is 0 Å². The predicted octanol–water partition coefficient (Wildman–Crippen LogP) is 2.55. The molecule has 0 aliphatic carbocycles. The summed E-state index contributed by atoms with van der Waals surface area (Å²) in [4.78, 5) is 14.0. The van der Waals surface area contributed by atoms with Gasteiger partial charge in [0.05, 0.1) is 5.56 Å². The second kappa shape index (κ2) is 4.74. The minimum atomic E-state index is -0.000278. The van der Waals surface area contributed by atoms with Gasteiger partial charge in [0.15, 0.2) is 0 Å². The highest BCUT2D eigenvalue weighted by Crippen LogP contribution is 2.21. The third kappa shape index (κ3) is 2.30. The Morgan fingerprint density at radius 3 is 2.62 bits per heavy atom. The van der Waals surface area contributed by atoms with Crippen molar-refractivity contribution >= 4 is 23.2 Å². The van der Waals surface area contributed by atoms with Crippen molar-refractivity contribution in [3.63, 3.8) is 0 Å². The Morgan fingerprint density at radius 2 is 1.94 bits per heavy atom. The smallest absolute Gasteiger partial charge is 0.255 e. The Morgan fingerprint density at radius 1 is 1.25 bits per heavy atom. The number of rotatable bonds is 1. The van der Waals surface area contributed by atoms with Crippen LogP contribution in [0.2, 0.25) is 5.02 Å². The van der Waals surface area contributed by atoms with Crippen LogP contribution >= 0.6 is 11.6 Å². The number of hydrogen-bond acceptors (Lipinski definition) is 2. The minimum absolute atomic E-state index is 0.000278. The Balaban J connectivity index is 2.22. The Labute approximate surface area is 100 Å². The van der Waals surface area contributed by atoms with E-state index in [9.17, 15) is 4.79 Å². The number of carbonyl (C=O) groups excluding carboxylic acids is 1. The first-order chi connectivity index (χ1) is 7.68. The van der Waals surface area contributed by atoms with Crippen LogP contribution in [0.3, 0.4) is 0 Å². The van der Waals surface area contributed by atoms with Gasteiger partial charge in [-0.05, 0) is 37.5 Å². The molecule has 16 heavy (non-hydrogen) atoms. The van der Waals surface area contributed by atoms with E-state index in [0.29, 0.717) is 16.3 Å². The van der Waals surface area contributed by atoms with Crippen LogP contribution < -0.4 is 5.73 Å². The van der Waals surface area contributed by atoms with Crippen LogP contribution in [0.15, 0.2) is 18.2 Å². The molecule has 0 saturated carbocycles. The second-order valence-electron chi connectivity index (χ2n) is 4.08. The Bertz CT molecular complexity index is 400. The fraction of sp³-hybridized carbons (Fsp3) is 0.417. The van der Waals surface area contributed by atoms with Gasteiger partial charge in [0.2, 0.25) is 0 Å². The molecule has 0 atom stereocenters. The van der Waals surface area contributed by atoms with Crippen LogP contribution in [0.4, 0.5) is 5.69 Å².